The van der Waals surface area contributed by atoms with E-state index in [4.69, 9.17) is 0 Å². The molecule has 0 bridgehead atoms. The molecule has 0 spiro atoms. The van der Waals surface area contributed by atoms with Gasteiger partial charge in [0.25, 0.3) is 0 Å². The quantitative estimate of drug-likeness (QED) is 0.859. The zero-order chi connectivity index (χ0) is 11.7. The molecule has 1 aromatic heterocycles. The van der Waals surface area contributed by atoms with Gasteiger partial charge in [-0.1, -0.05) is 24.6 Å². The zero-order valence-electron chi connectivity index (χ0n) is 9.92. The van der Waals surface area contributed by atoms with Crippen LogP contribution in [0.4, 0.5) is 0 Å². The van der Waals surface area contributed by atoms with E-state index in [9.17, 15) is 5.11 Å². The van der Waals surface area contributed by atoms with Crippen molar-refractivity contribution in [2.45, 2.75) is 25.6 Å². The summed E-state index contributed by atoms with van der Waals surface area (Å²) in [6.45, 7) is 1.99. The van der Waals surface area contributed by atoms with E-state index in [2.05, 4.69) is 23.1 Å². The standard InChI is InChI=1S/C14H18N2O/c17-14(15-9-4-1-5-10-15)16-11-8-12-6-2-3-7-13(12)16/h2-3,6-8,11,14,17H,1,4-5,9-10H2. The van der Waals surface area contributed by atoms with E-state index < -0.39 is 6.35 Å². The molecule has 1 fully saturated rings. The van der Waals surface area contributed by atoms with Gasteiger partial charge in [-0.15, -0.1) is 0 Å². The molecule has 1 saturated heterocycles. The molecule has 1 aromatic carbocycles. The minimum Gasteiger partial charge on any atom is -0.360 e. The first kappa shape index (κ1) is 10.8. The third kappa shape index (κ3) is 1.96. The van der Waals surface area contributed by atoms with Crippen molar-refractivity contribution in [2.24, 2.45) is 0 Å². The molecule has 2 aromatic rings. The first-order valence-electron chi connectivity index (χ1n) is 6.34. The molecule has 1 unspecified atom stereocenters. The van der Waals surface area contributed by atoms with E-state index in [-0.39, 0.29) is 0 Å². The highest BCUT2D eigenvalue weighted by Crippen LogP contribution is 2.23. The second-order valence-electron chi connectivity index (χ2n) is 4.72. The van der Waals surface area contributed by atoms with Gasteiger partial charge in [-0.2, -0.15) is 0 Å². The molecular formula is C14H18N2O. The maximum absolute atomic E-state index is 10.4. The molecule has 0 amide bonds. The van der Waals surface area contributed by atoms with E-state index in [1.54, 1.807) is 0 Å². The lowest BCUT2D eigenvalue weighted by atomic mass is 10.1. The number of para-hydroxylation sites is 1. The van der Waals surface area contributed by atoms with Gasteiger partial charge in [0.1, 0.15) is 0 Å². The number of aliphatic hydroxyl groups excluding tert-OH is 1. The molecule has 0 radical (unpaired) electrons. The van der Waals surface area contributed by atoms with E-state index in [1.807, 2.05) is 22.9 Å². The minimum absolute atomic E-state index is 0.518. The van der Waals surface area contributed by atoms with Crippen molar-refractivity contribution in [1.29, 1.82) is 0 Å². The van der Waals surface area contributed by atoms with Gasteiger partial charge >= 0.3 is 0 Å². The predicted molar refractivity (Wildman–Crippen MR) is 68.6 cm³/mol. The lowest BCUT2D eigenvalue weighted by molar-refractivity contribution is -0.0606. The van der Waals surface area contributed by atoms with Crippen molar-refractivity contribution in [3.05, 3.63) is 36.5 Å². The molecule has 0 aliphatic carbocycles. The molecule has 3 heteroatoms. The highest BCUT2D eigenvalue weighted by Gasteiger charge is 2.20. The Kier molecular flexibility index (Phi) is 2.87. The first-order chi connectivity index (χ1) is 8.36. The van der Waals surface area contributed by atoms with Crippen LogP contribution < -0.4 is 0 Å². The van der Waals surface area contributed by atoms with Crippen LogP contribution in [0.5, 0.6) is 0 Å². The van der Waals surface area contributed by atoms with E-state index >= 15 is 0 Å². The number of piperidine rings is 1. The summed E-state index contributed by atoms with van der Waals surface area (Å²) in [6, 6.07) is 10.2. The maximum atomic E-state index is 10.4. The Morgan fingerprint density at radius 1 is 1.00 bits per heavy atom. The van der Waals surface area contributed by atoms with E-state index in [1.165, 1.54) is 24.6 Å². The van der Waals surface area contributed by atoms with Gasteiger partial charge in [-0.3, -0.25) is 4.90 Å². The van der Waals surface area contributed by atoms with Crippen LogP contribution in [-0.4, -0.2) is 27.7 Å². The molecule has 90 valence electrons. The number of rotatable bonds is 2. The van der Waals surface area contributed by atoms with Crippen molar-refractivity contribution in [3.8, 4) is 0 Å². The summed E-state index contributed by atoms with van der Waals surface area (Å²) in [6.07, 6.45) is 5.13. The first-order valence-corrected chi connectivity index (χ1v) is 6.34. The number of likely N-dealkylation sites (tertiary alicyclic amines) is 1. The van der Waals surface area contributed by atoms with Gasteiger partial charge in [0.2, 0.25) is 0 Å². The van der Waals surface area contributed by atoms with Crippen LogP contribution in [0.15, 0.2) is 36.5 Å². The van der Waals surface area contributed by atoms with E-state index in [0.717, 1.165) is 18.6 Å². The average molecular weight is 230 g/mol. The fraction of sp³-hybridized carbons (Fsp3) is 0.429. The number of aromatic nitrogens is 1. The van der Waals surface area contributed by atoms with Crippen molar-refractivity contribution < 1.29 is 5.11 Å². The summed E-state index contributed by atoms with van der Waals surface area (Å²) in [4.78, 5) is 2.15. The summed E-state index contributed by atoms with van der Waals surface area (Å²) in [5, 5.41) is 11.6. The number of hydrogen-bond donors (Lipinski definition) is 1. The van der Waals surface area contributed by atoms with Crippen LogP contribution in [0.1, 0.15) is 25.6 Å². The van der Waals surface area contributed by atoms with Gasteiger partial charge in [-0.05, 0) is 30.4 Å². The maximum Gasteiger partial charge on any atom is 0.190 e. The second-order valence-corrected chi connectivity index (χ2v) is 4.72. The highest BCUT2D eigenvalue weighted by molar-refractivity contribution is 5.79. The van der Waals surface area contributed by atoms with Crippen molar-refractivity contribution in [2.75, 3.05) is 13.1 Å². The Hall–Kier alpha value is -1.32. The SMILES string of the molecule is OC(N1CCCCC1)n1ccc2ccccc21. The Morgan fingerprint density at radius 3 is 2.59 bits per heavy atom. The van der Waals surface area contributed by atoms with Crippen molar-refractivity contribution >= 4 is 10.9 Å². The topological polar surface area (TPSA) is 28.4 Å². The Balaban J connectivity index is 1.92. The molecule has 1 N–H and O–H groups in total. The van der Waals surface area contributed by atoms with Crippen LogP contribution in [0.3, 0.4) is 0 Å². The lowest BCUT2D eigenvalue weighted by Gasteiger charge is -2.32. The zero-order valence-corrected chi connectivity index (χ0v) is 9.92. The van der Waals surface area contributed by atoms with Crippen LogP contribution >= 0.6 is 0 Å². The number of fused-ring (bicyclic) bond motifs is 1. The Bertz CT molecular complexity index is 500. The molecule has 1 aliphatic heterocycles. The van der Waals surface area contributed by atoms with E-state index in [0.29, 0.717) is 0 Å². The van der Waals surface area contributed by atoms with Gasteiger partial charge in [-0.25, -0.2) is 0 Å². The molecule has 2 heterocycles. The molecular weight excluding hydrogens is 212 g/mol. The molecule has 3 nitrogen and oxygen atoms in total. The van der Waals surface area contributed by atoms with Gasteiger partial charge in [0.15, 0.2) is 6.35 Å². The molecule has 17 heavy (non-hydrogen) atoms. The van der Waals surface area contributed by atoms with Crippen LogP contribution in [0.2, 0.25) is 0 Å². The normalized spacial score (nSPS) is 19.6. The highest BCUT2D eigenvalue weighted by atomic mass is 16.3. The fourth-order valence-corrected chi connectivity index (χ4v) is 2.63. The number of benzene rings is 1. The Labute approximate surface area is 101 Å². The molecule has 3 rings (SSSR count). The summed E-state index contributed by atoms with van der Waals surface area (Å²) >= 11 is 0. The third-order valence-electron chi connectivity index (χ3n) is 3.60. The number of hydrogen-bond acceptors (Lipinski definition) is 2. The summed E-state index contributed by atoms with van der Waals surface area (Å²) < 4.78 is 1.96. The van der Waals surface area contributed by atoms with Crippen molar-refractivity contribution in [1.82, 2.24) is 9.47 Å². The number of nitrogens with zero attached hydrogens (tertiary/aromatic N) is 2. The third-order valence-corrected chi connectivity index (χ3v) is 3.60. The lowest BCUT2D eigenvalue weighted by Crippen LogP contribution is -2.36. The summed E-state index contributed by atoms with van der Waals surface area (Å²) in [7, 11) is 0. The average Bonchev–Trinajstić information content (AvgIpc) is 2.83. The summed E-state index contributed by atoms with van der Waals surface area (Å²) in [5.74, 6) is 0. The van der Waals surface area contributed by atoms with Crippen molar-refractivity contribution in [3.63, 3.8) is 0 Å². The Morgan fingerprint density at radius 2 is 1.76 bits per heavy atom. The monoisotopic (exact) mass is 230 g/mol. The number of aliphatic hydroxyl groups is 1. The molecule has 1 atom stereocenters. The van der Waals surface area contributed by atoms with Gasteiger partial charge < -0.3 is 9.67 Å². The van der Waals surface area contributed by atoms with Crippen LogP contribution in [0.25, 0.3) is 10.9 Å². The smallest absolute Gasteiger partial charge is 0.190 e. The van der Waals surface area contributed by atoms with Gasteiger partial charge in [0, 0.05) is 19.3 Å². The fourth-order valence-electron chi connectivity index (χ4n) is 2.63. The largest absolute Gasteiger partial charge is 0.360 e. The van der Waals surface area contributed by atoms with Crippen LogP contribution in [-0.2, 0) is 0 Å². The minimum atomic E-state index is -0.518. The molecule has 0 saturated carbocycles. The second kappa shape index (κ2) is 4.51. The predicted octanol–water partition coefficient (Wildman–Crippen LogP) is 2.58. The molecule has 1 aliphatic rings. The summed E-state index contributed by atoms with van der Waals surface area (Å²) in [5.41, 5.74) is 1.10. The van der Waals surface area contributed by atoms with Crippen LogP contribution in [0, 0.1) is 0 Å². The van der Waals surface area contributed by atoms with Gasteiger partial charge in [0.05, 0.1) is 5.52 Å².